The third kappa shape index (κ3) is 3.45. The number of likely N-dealkylation sites (tertiary alicyclic amines) is 1. The van der Waals surface area contributed by atoms with Gasteiger partial charge >= 0.3 is 5.97 Å². The van der Waals surface area contributed by atoms with Crippen LogP contribution in [0.2, 0.25) is 0 Å². The molecule has 2 aliphatic heterocycles. The first-order valence-corrected chi connectivity index (χ1v) is 6.86. The summed E-state index contributed by atoms with van der Waals surface area (Å²) >= 11 is 0. The predicted molar refractivity (Wildman–Crippen MR) is 66.7 cm³/mol. The normalized spacial score (nSPS) is 30.8. The number of hydrogen-bond donors (Lipinski definition) is 1. The van der Waals surface area contributed by atoms with Crippen molar-refractivity contribution in [3.05, 3.63) is 0 Å². The predicted octanol–water partition coefficient (Wildman–Crippen LogP) is 0.504. The smallest absolute Gasteiger partial charge is 0.332 e. The number of nitrogens with zero attached hydrogens (tertiary/aromatic N) is 1. The number of aliphatic carboxylic acids is 1. The summed E-state index contributed by atoms with van der Waals surface area (Å²) in [7, 11) is 0. The first-order valence-electron chi connectivity index (χ1n) is 6.86. The van der Waals surface area contributed by atoms with Crippen molar-refractivity contribution in [2.24, 2.45) is 5.92 Å². The lowest BCUT2D eigenvalue weighted by molar-refractivity contribution is -0.154. The van der Waals surface area contributed by atoms with Crippen LogP contribution in [0.1, 0.15) is 26.2 Å². The lowest BCUT2D eigenvalue weighted by atomic mass is 10.1. The van der Waals surface area contributed by atoms with Gasteiger partial charge in [-0.1, -0.05) is 0 Å². The van der Waals surface area contributed by atoms with Gasteiger partial charge in [0.2, 0.25) is 0 Å². The minimum atomic E-state index is -0.981. The standard InChI is InChI=1S/C13H21NO5/c1-2-18-8-9-5-6-14(7-9)12(15)10-3-4-11(19-10)13(16)17/h9-11H,2-8H2,1H3,(H,16,17)/t9?,10-,11+/m0/s1. The third-order valence-corrected chi connectivity index (χ3v) is 3.73. The Labute approximate surface area is 112 Å². The molecule has 0 aromatic rings. The number of ether oxygens (including phenoxy) is 2. The maximum absolute atomic E-state index is 12.2. The zero-order chi connectivity index (χ0) is 13.8. The average molecular weight is 271 g/mol. The Morgan fingerprint density at radius 1 is 1.32 bits per heavy atom. The second-order valence-electron chi connectivity index (χ2n) is 5.13. The molecule has 0 aromatic heterocycles. The molecule has 2 saturated heterocycles. The van der Waals surface area contributed by atoms with Crippen LogP contribution >= 0.6 is 0 Å². The number of amides is 1. The third-order valence-electron chi connectivity index (χ3n) is 3.73. The van der Waals surface area contributed by atoms with Gasteiger partial charge in [-0.05, 0) is 26.2 Å². The second-order valence-corrected chi connectivity index (χ2v) is 5.13. The zero-order valence-corrected chi connectivity index (χ0v) is 11.2. The van der Waals surface area contributed by atoms with Crippen molar-refractivity contribution in [2.75, 3.05) is 26.3 Å². The molecule has 0 saturated carbocycles. The lowest BCUT2D eigenvalue weighted by Gasteiger charge is -2.20. The van der Waals surface area contributed by atoms with Gasteiger partial charge in [-0.3, -0.25) is 4.79 Å². The van der Waals surface area contributed by atoms with Crippen LogP contribution in [0.15, 0.2) is 0 Å². The van der Waals surface area contributed by atoms with E-state index in [4.69, 9.17) is 14.6 Å². The summed E-state index contributed by atoms with van der Waals surface area (Å²) in [6.07, 6.45) is 0.466. The van der Waals surface area contributed by atoms with E-state index in [0.29, 0.717) is 45.1 Å². The molecule has 108 valence electrons. The largest absolute Gasteiger partial charge is 0.479 e. The number of carbonyl (C=O) groups is 2. The van der Waals surface area contributed by atoms with Gasteiger partial charge in [-0.2, -0.15) is 0 Å². The van der Waals surface area contributed by atoms with E-state index in [1.807, 2.05) is 6.92 Å². The molecule has 2 heterocycles. The van der Waals surface area contributed by atoms with Gasteiger partial charge in [0.1, 0.15) is 6.10 Å². The summed E-state index contributed by atoms with van der Waals surface area (Å²) < 4.78 is 10.7. The molecule has 19 heavy (non-hydrogen) atoms. The highest BCUT2D eigenvalue weighted by Gasteiger charge is 2.38. The van der Waals surface area contributed by atoms with Crippen LogP contribution in [0.5, 0.6) is 0 Å². The SMILES string of the molecule is CCOCC1CCN(C(=O)[C@@H]2CC[C@H](C(=O)O)O2)C1. The van der Waals surface area contributed by atoms with Gasteiger partial charge in [0, 0.05) is 25.6 Å². The van der Waals surface area contributed by atoms with E-state index in [1.165, 1.54) is 0 Å². The summed E-state index contributed by atoms with van der Waals surface area (Å²) in [5, 5.41) is 8.85. The van der Waals surface area contributed by atoms with Crippen molar-refractivity contribution < 1.29 is 24.2 Å². The Hall–Kier alpha value is -1.14. The van der Waals surface area contributed by atoms with Crippen LogP contribution < -0.4 is 0 Å². The minimum Gasteiger partial charge on any atom is -0.479 e. The fraction of sp³-hybridized carbons (Fsp3) is 0.846. The molecule has 2 fully saturated rings. The quantitative estimate of drug-likeness (QED) is 0.788. The number of carbonyl (C=O) groups excluding carboxylic acids is 1. The van der Waals surface area contributed by atoms with Crippen LogP contribution in [0.4, 0.5) is 0 Å². The Balaban J connectivity index is 1.80. The van der Waals surface area contributed by atoms with E-state index in [0.717, 1.165) is 6.42 Å². The highest BCUT2D eigenvalue weighted by molar-refractivity contribution is 5.83. The van der Waals surface area contributed by atoms with Gasteiger partial charge < -0.3 is 19.5 Å². The molecule has 0 aliphatic carbocycles. The molecule has 1 unspecified atom stereocenters. The van der Waals surface area contributed by atoms with Crippen molar-refractivity contribution in [3.63, 3.8) is 0 Å². The first kappa shape index (κ1) is 14.3. The zero-order valence-electron chi connectivity index (χ0n) is 11.2. The Morgan fingerprint density at radius 3 is 2.68 bits per heavy atom. The number of carboxylic acids is 1. The Bertz CT molecular complexity index is 346. The lowest BCUT2D eigenvalue weighted by Crippen LogP contribution is -2.38. The summed E-state index contributed by atoms with van der Waals surface area (Å²) in [4.78, 5) is 24.8. The van der Waals surface area contributed by atoms with Crippen LogP contribution in [0.25, 0.3) is 0 Å². The van der Waals surface area contributed by atoms with Gasteiger partial charge in [0.05, 0.1) is 6.61 Å². The number of hydrogen-bond acceptors (Lipinski definition) is 4. The fourth-order valence-electron chi connectivity index (χ4n) is 2.66. The summed E-state index contributed by atoms with van der Waals surface area (Å²) in [6.45, 7) is 4.74. The minimum absolute atomic E-state index is 0.0669. The monoisotopic (exact) mass is 271 g/mol. The second kappa shape index (κ2) is 6.34. The maximum Gasteiger partial charge on any atom is 0.332 e. The van der Waals surface area contributed by atoms with Crippen LogP contribution in [-0.4, -0.2) is 60.4 Å². The molecule has 2 aliphatic rings. The van der Waals surface area contributed by atoms with Crippen molar-refractivity contribution >= 4 is 11.9 Å². The molecule has 0 bridgehead atoms. The van der Waals surface area contributed by atoms with Crippen molar-refractivity contribution in [1.82, 2.24) is 4.90 Å². The van der Waals surface area contributed by atoms with E-state index in [-0.39, 0.29) is 5.91 Å². The molecule has 0 spiro atoms. The van der Waals surface area contributed by atoms with Crippen LogP contribution in [-0.2, 0) is 19.1 Å². The maximum atomic E-state index is 12.2. The van der Waals surface area contributed by atoms with E-state index in [9.17, 15) is 9.59 Å². The molecular weight excluding hydrogens is 250 g/mol. The van der Waals surface area contributed by atoms with E-state index < -0.39 is 18.2 Å². The van der Waals surface area contributed by atoms with Crippen molar-refractivity contribution in [2.45, 2.75) is 38.4 Å². The average Bonchev–Trinajstić information content (AvgIpc) is 3.04. The molecule has 0 aromatic carbocycles. The highest BCUT2D eigenvalue weighted by Crippen LogP contribution is 2.24. The van der Waals surface area contributed by atoms with E-state index in [2.05, 4.69) is 0 Å². The Morgan fingerprint density at radius 2 is 2.05 bits per heavy atom. The topological polar surface area (TPSA) is 76.1 Å². The molecule has 1 amide bonds. The molecular formula is C13H21NO5. The summed E-state index contributed by atoms with van der Waals surface area (Å²) in [6, 6.07) is 0. The molecule has 0 radical (unpaired) electrons. The number of carboxylic acid groups (broad SMARTS) is 1. The van der Waals surface area contributed by atoms with Gasteiger partial charge in [0.25, 0.3) is 5.91 Å². The summed E-state index contributed by atoms with van der Waals surface area (Å²) in [5.41, 5.74) is 0. The fourth-order valence-corrected chi connectivity index (χ4v) is 2.66. The van der Waals surface area contributed by atoms with Gasteiger partial charge in [0.15, 0.2) is 6.10 Å². The molecule has 3 atom stereocenters. The van der Waals surface area contributed by atoms with Gasteiger partial charge in [-0.25, -0.2) is 4.79 Å². The molecule has 6 heteroatoms. The van der Waals surface area contributed by atoms with Crippen molar-refractivity contribution in [3.8, 4) is 0 Å². The number of rotatable bonds is 5. The molecule has 6 nitrogen and oxygen atoms in total. The molecule has 1 N–H and O–H groups in total. The first-order chi connectivity index (χ1) is 9.11. The van der Waals surface area contributed by atoms with Crippen LogP contribution in [0, 0.1) is 5.92 Å². The Kier molecular flexibility index (Phi) is 4.76. The van der Waals surface area contributed by atoms with E-state index in [1.54, 1.807) is 4.90 Å². The summed E-state index contributed by atoms with van der Waals surface area (Å²) in [5.74, 6) is -0.658. The van der Waals surface area contributed by atoms with Crippen LogP contribution in [0.3, 0.4) is 0 Å². The molecule has 2 rings (SSSR count). The van der Waals surface area contributed by atoms with E-state index >= 15 is 0 Å². The highest BCUT2D eigenvalue weighted by atomic mass is 16.5. The van der Waals surface area contributed by atoms with Gasteiger partial charge in [-0.15, -0.1) is 0 Å². The van der Waals surface area contributed by atoms with Crippen molar-refractivity contribution in [1.29, 1.82) is 0 Å².